The van der Waals surface area contributed by atoms with E-state index in [1.165, 1.54) is 12.5 Å². The van der Waals surface area contributed by atoms with Crippen molar-refractivity contribution in [3.63, 3.8) is 0 Å². The summed E-state index contributed by atoms with van der Waals surface area (Å²) in [5.41, 5.74) is 6.13. The Morgan fingerprint density at radius 2 is 1.94 bits per heavy atom. The molecule has 9 heteroatoms. The van der Waals surface area contributed by atoms with Crippen LogP contribution in [0.1, 0.15) is 36.6 Å². The van der Waals surface area contributed by atoms with Gasteiger partial charge in [-0.05, 0) is 79.6 Å². The number of rotatable bonds is 7. The van der Waals surface area contributed by atoms with E-state index in [-0.39, 0.29) is 12.6 Å². The molecule has 0 aliphatic heterocycles. The number of hydrogen-bond acceptors (Lipinski definition) is 5. The zero-order valence-electron chi connectivity index (χ0n) is 20.0. The third-order valence-corrected chi connectivity index (χ3v) is 6.67. The van der Waals surface area contributed by atoms with Gasteiger partial charge in [-0.15, -0.1) is 0 Å². The van der Waals surface area contributed by atoms with Gasteiger partial charge in [-0.25, -0.2) is 4.79 Å². The van der Waals surface area contributed by atoms with E-state index in [1.807, 2.05) is 36.5 Å². The first-order valence-electron chi connectivity index (χ1n) is 12.1. The zero-order valence-corrected chi connectivity index (χ0v) is 20.8. The summed E-state index contributed by atoms with van der Waals surface area (Å²) in [7, 11) is 0. The Morgan fingerprint density at radius 1 is 1.08 bits per heavy atom. The smallest absolute Gasteiger partial charge is 0.410 e. The number of nitrogens with zero attached hydrogens (tertiary/aromatic N) is 1. The number of halogens is 1. The fourth-order valence-corrected chi connectivity index (χ4v) is 4.92. The van der Waals surface area contributed by atoms with Gasteiger partial charge >= 0.3 is 6.09 Å². The minimum atomic E-state index is -0.553. The lowest BCUT2D eigenvalue weighted by atomic mass is 9.93. The van der Waals surface area contributed by atoms with Gasteiger partial charge in [0.1, 0.15) is 5.75 Å². The number of aryl methyl sites for hydroxylation is 1. The van der Waals surface area contributed by atoms with Crippen LogP contribution in [0.3, 0.4) is 0 Å². The number of aromatic amines is 1. The Labute approximate surface area is 213 Å². The van der Waals surface area contributed by atoms with Crippen LogP contribution in [0.2, 0.25) is 5.02 Å². The minimum Gasteiger partial charge on any atom is -0.410 e. The Hall–Kier alpha value is -3.78. The number of H-pyrrole nitrogens is 1. The molecule has 0 saturated carbocycles. The molecule has 0 radical (unpaired) electrons. The highest BCUT2D eigenvalue weighted by Gasteiger charge is 2.18. The SMILES string of the molecule is CC(=O)NCCc1c[nH]c2ccc(OC(=O)NCNc3c4c(nc5ccc(Cl)cc35)CCCC4)cc12. The van der Waals surface area contributed by atoms with Crippen LogP contribution in [0.5, 0.6) is 5.75 Å². The number of nitrogens with one attached hydrogen (secondary N) is 4. The Kier molecular flexibility index (Phi) is 6.95. The third kappa shape index (κ3) is 5.23. The molecule has 2 aromatic carbocycles. The van der Waals surface area contributed by atoms with E-state index in [1.54, 1.807) is 6.07 Å². The van der Waals surface area contributed by atoms with Gasteiger partial charge in [-0.1, -0.05) is 11.6 Å². The molecule has 2 amide bonds. The minimum absolute atomic E-state index is 0.0625. The number of hydrogen-bond donors (Lipinski definition) is 4. The Balaban J connectivity index is 1.26. The molecule has 0 spiro atoms. The normalized spacial score (nSPS) is 12.8. The predicted molar refractivity (Wildman–Crippen MR) is 142 cm³/mol. The Morgan fingerprint density at radius 3 is 2.81 bits per heavy atom. The highest BCUT2D eigenvalue weighted by Crippen LogP contribution is 2.34. The number of anilines is 1. The topological polar surface area (TPSA) is 108 Å². The van der Waals surface area contributed by atoms with Crippen LogP contribution in [0, 0.1) is 0 Å². The van der Waals surface area contributed by atoms with Crippen molar-refractivity contribution in [2.45, 2.75) is 39.0 Å². The molecule has 4 aromatic rings. The lowest BCUT2D eigenvalue weighted by molar-refractivity contribution is -0.118. The highest BCUT2D eigenvalue weighted by atomic mass is 35.5. The van der Waals surface area contributed by atoms with Crippen molar-refractivity contribution < 1.29 is 14.3 Å². The van der Waals surface area contributed by atoms with E-state index in [9.17, 15) is 9.59 Å². The van der Waals surface area contributed by atoms with Crippen LogP contribution in [-0.4, -0.2) is 35.2 Å². The molecule has 0 bridgehead atoms. The zero-order chi connectivity index (χ0) is 25.1. The summed E-state index contributed by atoms with van der Waals surface area (Å²) in [5.74, 6) is 0.381. The summed E-state index contributed by atoms with van der Waals surface area (Å²) >= 11 is 6.27. The summed E-state index contributed by atoms with van der Waals surface area (Å²) in [5, 5.41) is 11.5. The fourth-order valence-electron chi connectivity index (χ4n) is 4.75. The molecular weight excluding hydrogens is 478 g/mol. The molecule has 186 valence electrons. The molecule has 0 saturated heterocycles. The van der Waals surface area contributed by atoms with Crippen molar-refractivity contribution in [3.05, 3.63) is 64.4 Å². The maximum absolute atomic E-state index is 12.6. The van der Waals surface area contributed by atoms with Crippen molar-refractivity contribution in [1.82, 2.24) is 20.6 Å². The number of aromatic nitrogens is 2. The molecule has 8 nitrogen and oxygen atoms in total. The molecule has 1 aliphatic carbocycles. The van der Waals surface area contributed by atoms with Gasteiger partial charge in [0, 0.05) is 46.7 Å². The predicted octanol–water partition coefficient (Wildman–Crippen LogP) is 5.08. The lowest BCUT2D eigenvalue weighted by Crippen LogP contribution is -2.32. The van der Waals surface area contributed by atoms with E-state index < -0.39 is 6.09 Å². The molecule has 0 fully saturated rings. The molecule has 4 N–H and O–H groups in total. The number of benzene rings is 2. The number of carbonyl (C=O) groups excluding carboxylic acids is 2. The van der Waals surface area contributed by atoms with E-state index in [2.05, 4.69) is 20.9 Å². The standard InChI is InChI=1S/C27H28ClN5O3/c1-16(34)29-11-10-17-14-30-23-9-7-19(13-21(17)23)36-27(35)32-15-31-26-20-4-2-3-5-24(20)33-25-8-6-18(28)12-22(25)26/h6-9,12-14,30H,2-5,10-11,15H2,1H3,(H,29,34)(H,31,33)(H,32,35). The van der Waals surface area contributed by atoms with Crippen LogP contribution < -0.4 is 20.7 Å². The van der Waals surface area contributed by atoms with Gasteiger partial charge in [0.2, 0.25) is 5.91 Å². The monoisotopic (exact) mass is 505 g/mol. The first-order chi connectivity index (χ1) is 17.5. The summed E-state index contributed by atoms with van der Waals surface area (Å²) < 4.78 is 5.54. The average molecular weight is 506 g/mol. The second-order valence-electron chi connectivity index (χ2n) is 8.95. The van der Waals surface area contributed by atoms with Crippen molar-refractivity contribution in [3.8, 4) is 5.75 Å². The second-order valence-corrected chi connectivity index (χ2v) is 9.39. The van der Waals surface area contributed by atoms with Crippen LogP contribution in [0.4, 0.5) is 10.5 Å². The summed E-state index contributed by atoms with van der Waals surface area (Å²) in [6.07, 6.45) is 6.16. The number of amides is 2. The van der Waals surface area contributed by atoms with E-state index in [0.29, 0.717) is 23.7 Å². The molecule has 2 aromatic heterocycles. The van der Waals surface area contributed by atoms with Crippen molar-refractivity contribution >= 4 is 51.1 Å². The molecule has 1 aliphatic rings. The highest BCUT2D eigenvalue weighted by molar-refractivity contribution is 6.31. The number of fused-ring (bicyclic) bond motifs is 3. The Bertz CT molecular complexity index is 1450. The van der Waals surface area contributed by atoms with Crippen LogP contribution in [0.25, 0.3) is 21.8 Å². The summed E-state index contributed by atoms with van der Waals surface area (Å²) in [4.78, 5) is 31.7. The fraction of sp³-hybridized carbons (Fsp3) is 0.296. The number of ether oxygens (including phenoxy) is 1. The van der Waals surface area contributed by atoms with Gasteiger partial charge in [-0.3, -0.25) is 9.78 Å². The lowest BCUT2D eigenvalue weighted by Gasteiger charge is -2.22. The first kappa shape index (κ1) is 23.9. The molecular formula is C27H28ClN5O3. The summed E-state index contributed by atoms with van der Waals surface area (Å²) in [6, 6.07) is 11.1. The van der Waals surface area contributed by atoms with Crippen molar-refractivity contribution in [2.75, 3.05) is 18.5 Å². The van der Waals surface area contributed by atoms with Crippen molar-refractivity contribution in [1.29, 1.82) is 0 Å². The molecule has 0 unspecified atom stereocenters. The van der Waals surface area contributed by atoms with Gasteiger partial charge < -0.3 is 25.7 Å². The van der Waals surface area contributed by atoms with E-state index in [0.717, 1.165) is 64.4 Å². The molecule has 2 heterocycles. The van der Waals surface area contributed by atoms with E-state index >= 15 is 0 Å². The summed E-state index contributed by atoms with van der Waals surface area (Å²) in [6.45, 7) is 2.24. The molecule has 5 rings (SSSR count). The van der Waals surface area contributed by atoms with Crippen LogP contribution in [0.15, 0.2) is 42.6 Å². The van der Waals surface area contributed by atoms with Gasteiger partial charge in [0.25, 0.3) is 0 Å². The quantitative estimate of drug-likeness (QED) is 0.262. The average Bonchev–Trinajstić information content (AvgIpc) is 3.26. The maximum Gasteiger partial charge on any atom is 0.413 e. The van der Waals surface area contributed by atoms with Gasteiger partial charge in [-0.2, -0.15) is 0 Å². The molecule has 36 heavy (non-hydrogen) atoms. The van der Waals surface area contributed by atoms with Crippen LogP contribution in [-0.2, 0) is 24.1 Å². The first-order valence-corrected chi connectivity index (χ1v) is 12.5. The maximum atomic E-state index is 12.6. The largest absolute Gasteiger partial charge is 0.413 e. The second kappa shape index (κ2) is 10.5. The van der Waals surface area contributed by atoms with E-state index in [4.69, 9.17) is 21.3 Å². The number of carbonyl (C=O) groups is 2. The van der Waals surface area contributed by atoms with Crippen LogP contribution >= 0.6 is 11.6 Å². The third-order valence-electron chi connectivity index (χ3n) is 6.44. The van der Waals surface area contributed by atoms with Gasteiger partial charge in [0.15, 0.2) is 0 Å². The van der Waals surface area contributed by atoms with Crippen molar-refractivity contribution in [2.24, 2.45) is 0 Å². The number of pyridine rings is 1. The van der Waals surface area contributed by atoms with Gasteiger partial charge in [0.05, 0.1) is 17.9 Å². The molecule has 0 atom stereocenters.